The summed E-state index contributed by atoms with van der Waals surface area (Å²) < 4.78 is 27.1. The van der Waals surface area contributed by atoms with Gasteiger partial charge in [-0.3, -0.25) is 4.72 Å². The maximum Gasteiger partial charge on any atom is 0.272 e. The minimum atomic E-state index is -3.53. The van der Waals surface area contributed by atoms with E-state index in [-0.39, 0.29) is 4.21 Å². The number of rotatable bonds is 8. The summed E-state index contributed by atoms with van der Waals surface area (Å²) in [5.41, 5.74) is 1.02. The van der Waals surface area contributed by atoms with E-state index in [0.717, 1.165) is 31.6 Å². The Kier molecular flexibility index (Phi) is 5.79. The van der Waals surface area contributed by atoms with Crippen molar-refractivity contribution in [2.75, 3.05) is 22.7 Å². The van der Waals surface area contributed by atoms with Gasteiger partial charge in [-0.15, -0.1) is 11.3 Å². The third kappa shape index (κ3) is 4.20. The van der Waals surface area contributed by atoms with Crippen LogP contribution >= 0.6 is 11.3 Å². The second kappa shape index (κ2) is 7.60. The number of thiophene rings is 1. The Labute approximate surface area is 136 Å². The van der Waals surface area contributed by atoms with Crippen LogP contribution in [0.15, 0.2) is 40.1 Å². The molecule has 2 rings (SSSR count). The van der Waals surface area contributed by atoms with Crippen molar-refractivity contribution < 1.29 is 8.42 Å². The smallest absolute Gasteiger partial charge is 0.272 e. The first-order valence-electron chi connectivity index (χ1n) is 7.34. The first-order chi connectivity index (χ1) is 10.6. The van der Waals surface area contributed by atoms with Crippen LogP contribution in [0.4, 0.5) is 11.5 Å². The Morgan fingerprint density at radius 2 is 1.91 bits per heavy atom. The molecule has 2 aromatic rings. The first-order valence-corrected chi connectivity index (χ1v) is 9.70. The molecule has 5 nitrogen and oxygen atoms in total. The zero-order valence-corrected chi connectivity index (χ0v) is 14.5. The van der Waals surface area contributed by atoms with Crippen molar-refractivity contribution in [3.8, 4) is 0 Å². The molecule has 0 fully saturated rings. The highest BCUT2D eigenvalue weighted by molar-refractivity contribution is 7.94. The van der Waals surface area contributed by atoms with E-state index in [0.29, 0.717) is 5.82 Å². The lowest BCUT2D eigenvalue weighted by atomic mass is 10.3. The molecule has 0 aliphatic carbocycles. The molecule has 0 bridgehead atoms. The van der Waals surface area contributed by atoms with Crippen LogP contribution in [0.1, 0.15) is 26.7 Å². The van der Waals surface area contributed by atoms with Crippen LogP contribution in [0.25, 0.3) is 0 Å². The fourth-order valence-corrected chi connectivity index (χ4v) is 4.15. The summed E-state index contributed by atoms with van der Waals surface area (Å²) in [4.78, 5) is 6.49. The van der Waals surface area contributed by atoms with Gasteiger partial charge in [0.05, 0.1) is 11.9 Å². The molecule has 0 radical (unpaired) electrons. The molecule has 0 saturated carbocycles. The van der Waals surface area contributed by atoms with Crippen molar-refractivity contribution in [2.24, 2.45) is 0 Å². The quantitative estimate of drug-likeness (QED) is 0.798. The summed E-state index contributed by atoms with van der Waals surface area (Å²) in [7, 11) is -3.53. The molecular formula is C15H21N3O2S2. The van der Waals surface area contributed by atoms with Crippen LogP contribution in [-0.2, 0) is 10.0 Å². The summed E-state index contributed by atoms with van der Waals surface area (Å²) in [6.45, 7) is 6.21. The number of pyridine rings is 1. The van der Waals surface area contributed by atoms with Gasteiger partial charge in [0.2, 0.25) is 0 Å². The number of anilines is 2. The van der Waals surface area contributed by atoms with Crippen molar-refractivity contribution in [2.45, 2.75) is 30.9 Å². The summed E-state index contributed by atoms with van der Waals surface area (Å²) in [6.07, 6.45) is 3.84. The topological polar surface area (TPSA) is 62.3 Å². The third-order valence-electron chi connectivity index (χ3n) is 3.10. The number of sulfonamides is 1. The Morgan fingerprint density at radius 3 is 2.41 bits per heavy atom. The van der Waals surface area contributed by atoms with Crippen molar-refractivity contribution in [1.29, 1.82) is 0 Å². The summed E-state index contributed by atoms with van der Waals surface area (Å²) in [6, 6.07) is 6.90. The van der Waals surface area contributed by atoms with E-state index in [1.807, 2.05) is 6.07 Å². The van der Waals surface area contributed by atoms with E-state index in [9.17, 15) is 8.42 Å². The Hall–Kier alpha value is -1.60. The molecule has 0 aromatic carbocycles. The van der Waals surface area contributed by atoms with E-state index in [1.54, 1.807) is 29.8 Å². The molecule has 7 heteroatoms. The molecule has 22 heavy (non-hydrogen) atoms. The number of hydrogen-bond acceptors (Lipinski definition) is 5. The first kappa shape index (κ1) is 16.8. The lowest BCUT2D eigenvalue weighted by Gasteiger charge is -2.23. The van der Waals surface area contributed by atoms with Crippen molar-refractivity contribution in [1.82, 2.24) is 4.98 Å². The monoisotopic (exact) mass is 339 g/mol. The van der Waals surface area contributed by atoms with E-state index < -0.39 is 10.0 Å². The van der Waals surface area contributed by atoms with Crippen molar-refractivity contribution >= 4 is 32.9 Å². The molecule has 120 valence electrons. The average molecular weight is 339 g/mol. The third-order valence-corrected chi connectivity index (χ3v) is 5.85. The van der Waals surface area contributed by atoms with Crippen molar-refractivity contribution in [3.63, 3.8) is 0 Å². The number of hydrogen-bond donors (Lipinski definition) is 1. The van der Waals surface area contributed by atoms with E-state index >= 15 is 0 Å². The van der Waals surface area contributed by atoms with Gasteiger partial charge < -0.3 is 4.90 Å². The number of nitrogens with zero attached hydrogens (tertiary/aromatic N) is 2. The predicted molar refractivity (Wildman–Crippen MR) is 92.2 cm³/mol. The van der Waals surface area contributed by atoms with Gasteiger partial charge in [-0.1, -0.05) is 19.9 Å². The van der Waals surface area contributed by atoms with Gasteiger partial charge in [0, 0.05) is 13.1 Å². The Balaban J connectivity index is 2.12. The van der Waals surface area contributed by atoms with Gasteiger partial charge in [-0.05, 0) is 36.4 Å². The highest BCUT2D eigenvalue weighted by Gasteiger charge is 2.15. The molecule has 2 heterocycles. The summed E-state index contributed by atoms with van der Waals surface area (Å²) in [5.74, 6) is 0.338. The zero-order valence-electron chi connectivity index (χ0n) is 12.8. The molecular weight excluding hydrogens is 318 g/mol. The molecule has 2 aromatic heterocycles. The fraction of sp³-hybridized carbons (Fsp3) is 0.400. The number of nitrogens with one attached hydrogen (secondary N) is 1. The highest BCUT2D eigenvalue weighted by Crippen LogP contribution is 2.21. The van der Waals surface area contributed by atoms with E-state index in [2.05, 4.69) is 28.5 Å². The van der Waals surface area contributed by atoms with Gasteiger partial charge in [0.15, 0.2) is 0 Å². The maximum atomic E-state index is 12.1. The minimum Gasteiger partial charge on any atom is -0.370 e. The van der Waals surface area contributed by atoms with Crippen LogP contribution in [0.5, 0.6) is 0 Å². The molecule has 1 N–H and O–H groups in total. The normalized spacial score (nSPS) is 11.4. The van der Waals surface area contributed by atoms with Crippen LogP contribution in [0.2, 0.25) is 0 Å². The largest absolute Gasteiger partial charge is 0.370 e. The van der Waals surface area contributed by atoms with Gasteiger partial charge in [-0.25, -0.2) is 13.4 Å². The van der Waals surface area contributed by atoms with Gasteiger partial charge in [-0.2, -0.15) is 0 Å². The molecule has 0 aliphatic heterocycles. The number of aromatic nitrogens is 1. The SMILES string of the molecule is CCCN(CCC)c1ccc(NS(=O)(=O)c2cccs2)nc1. The zero-order chi connectivity index (χ0) is 16.0. The van der Waals surface area contributed by atoms with Crippen LogP contribution in [0, 0.1) is 0 Å². The highest BCUT2D eigenvalue weighted by atomic mass is 32.2. The molecule has 0 unspecified atom stereocenters. The standard InChI is InChI=1S/C15H21N3O2S2/c1-3-9-18(10-4-2)13-7-8-14(16-12-13)17-22(19,20)15-6-5-11-21-15/h5-8,11-12H,3-4,9-10H2,1-2H3,(H,16,17). The van der Waals surface area contributed by atoms with Crippen LogP contribution in [-0.4, -0.2) is 26.5 Å². The van der Waals surface area contributed by atoms with Crippen LogP contribution in [0.3, 0.4) is 0 Å². The fourth-order valence-electron chi connectivity index (χ4n) is 2.15. The van der Waals surface area contributed by atoms with Crippen molar-refractivity contribution in [3.05, 3.63) is 35.8 Å². The predicted octanol–water partition coefficient (Wildman–Crippen LogP) is 3.57. The van der Waals surface area contributed by atoms with E-state index in [1.165, 1.54) is 11.3 Å². The second-order valence-corrected chi connectivity index (χ2v) is 7.78. The minimum absolute atomic E-state index is 0.289. The molecule has 0 atom stereocenters. The summed E-state index contributed by atoms with van der Waals surface area (Å²) >= 11 is 1.18. The Bertz CT molecular complexity index is 661. The second-order valence-electron chi connectivity index (χ2n) is 4.93. The Morgan fingerprint density at radius 1 is 1.18 bits per heavy atom. The molecule has 0 aliphatic rings. The lowest BCUT2D eigenvalue weighted by Crippen LogP contribution is -2.25. The lowest BCUT2D eigenvalue weighted by molar-refractivity contribution is 0.603. The van der Waals surface area contributed by atoms with Crippen LogP contribution < -0.4 is 9.62 Å². The van der Waals surface area contributed by atoms with Gasteiger partial charge >= 0.3 is 0 Å². The average Bonchev–Trinajstić information content (AvgIpc) is 3.03. The van der Waals surface area contributed by atoms with E-state index in [4.69, 9.17) is 0 Å². The molecule has 0 saturated heterocycles. The maximum absolute atomic E-state index is 12.1. The van der Waals surface area contributed by atoms with Gasteiger partial charge in [0.25, 0.3) is 10.0 Å². The van der Waals surface area contributed by atoms with Gasteiger partial charge in [0.1, 0.15) is 10.0 Å². The molecule has 0 amide bonds. The molecule has 0 spiro atoms. The summed E-state index contributed by atoms with van der Waals surface area (Å²) in [5, 5.41) is 1.73.